The van der Waals surface area contributed by atoms with Crippen molar-refractivity contribution in [3.05, 3.63) is 35.4 Å². The van der Waals surface area contributed by atoms with Crippen LogP contribution in [0.15, 0.2) is 18.2 Å². The van der Waals surface area contributed by atoms with Gasteiger partial charge in [0.15, 0.2) is 6.29 Å². The smallest absolute Gasteiger partial charge is 0.159 e. The number of halogens is 2. The highest BCUT2D eigenvalue weighted by molar-refractivity contribution is 5.24. The fourth-order valence-corrected chi connectivity index (χ4v) is 1.61. The van der Waals surface area contributed by atoms with E-state index >= 15 is 0 Å². The van der Waals surface area contributed by atoms with Gasteiger partial charge in [-0.15, -0.1) is 0 Å². The summed E-state index contributed by atoms with van der Waals surface area (Å²) in [5.41, 5.74) is -1.68. The summed E-state index contributed by atoms with van der Waals surface area (Å²) in [6, 6.07) is 2.95. The van der Waals surface area contributed by atoms with Gasteiger partial charge >= 0.3 is 0 Å². The summed E-state index contributed by atoms with van der Waals surface area (Å²) in [5.74, 6) is -1.27. The Labute approximate surface area is 99.0 Å². The van der Waals surface area contributed by atoms with Crippen molar-refractivity contribution in [2.24, 2.45) is 0 Å². The Balaban J connectivity index is 2.99. The Kier molecular flexibility index (Phi) is 4.56. The van der Waals surface area contributed by atoms with Crippen LogP contribution in [0.1, 0.15) is 18.9 Å². The Morgan fingerprint density at radius 1 is 1.29 bits per heavy atom. The highest BCUT2D eigenvalue weighted by atomic mass is 19.1. The van der Waals surface area contributed by atoms with Gasteiger partial charge < -0.3 is 14.6 Å². The molecule has 1 N–H and O–H groups in total. The fourth-order valence-electron chi connectivity index (χ4n) is 1.61. The lowest BCUT2D eigenvalue weighted by atomic mass is 9.91. The van der Waals surface area contributed by atoms with E-state index in [9.17, 15) is 13.9 Å². The highest BCUT2D eigenvalue weighted by Crippen LogP contribution is 2.29. The van der Waals surface area contributed by atoms with Gasteiger partial charge in [0.05, 0.1) is 5.60 Å². The zero-order chi connectivity index (χ0) is 13.1. The predicted octanol–water partition coefficient (Wildman–Crippen LogP) is 2.18. The third-order valence-electron chi connectivity index (χ3n) is 2.60. The fraction of sp³-hybridized carbons (Fsp3) is 0.500. The van der Waals surface area contributed by atoms with Crippen LogP contribution in [0.5, 0.6) is 0 Å². The van der Waals surface area contributed by atoms with Crippen molar-refractivity contribution >= 4 is 0 Å². The zero-order valence-corrected chi connectivity index (χ0v) is 10.0. The maximum Gasteiger partial charge on any atom is 0.159 e. The van der Waals surface area contributed by atoms with Crippen LogP contribution in [0.25, 0.3) is 0 Å². The van der Waals surface area contributed by atoms with Crippen molar-refractivity contribution in [2.75, 3.05) is 14.2 Å². The molecule has 3 nitrogen and oxygen atoms in total. The largest absolute Gasteiger partial charge is 0.385 e. The molecule has 1 aromatic rings. The molecule has 0 heterocycles. The third kappa shape index (κ3) is 3.46. The van der Waals surface area contributed by atoms with Crippen molar-refractivity contribution < 1.29 is 23.4 Å². The van der Waals surface area contributed by atoms with Crippen LogP contribution in [0.3, 0.4) is 0 Å². The topological polar surface area (TPSA) is 38.7 Å². The van der Waals surface area contributed by atoms with E-state index in [-0.39, 0.29) is 12.0 Å². The SMILES string of the molecule is COC(CC(C)(O)c1cc(F)ccc1F)OC. The molecule has 96 valence electrons. The minimum Gasteiger partial charge on any atom is -0.385 e. The van der Waals surface area contributed by atoms with Crippen LogP contribution < -0.4 is 0 Å². The van der Waals surface area contributed by atoms with Gasteiger partial charge in [0.25, 0.3) is 0 Å². The number of hydrogen-bond donors (Lipinski definition) is 1. The summed E-state index contributed by atoms with van der Waals surface area (Å²) in [5, 5.41) is 10.2. The number of hydrogen-bond acceptors (Lipinski definition) is 3. The van der Waals surface area contributed by atoms with Crippen molar-refractivity contribution in [3.63, 3.8) is 0 Å². The molecular weight excluding hydrogens is 230 g/mol. The maximum atomic E-state index is 13.5. The van der Waals surface area contributed by atoms with Gasteiger partial charge in [-0.2, -0.15) is 0 Å². The first kappa shape index (κ1) is 14.0. The second kappa shape index (κ2) is 5.53. The standard InChI is InChI=1S/C12H16F2O3/c1-12(15,7-11(16-2)17-3)9-6-8(13)4-5-10(9)14/h4-6,11,15H,7H2,1-3H3. The lowest BCUT2D eigenvalue weighted by Crippen LogP contribution is -2.30. The van der Waals surface area contributed by atoms with Crippen molar-refractivity contribution in [2.45, 2.75) is 25.2 Å². The average Bonchev–Trinajstić information content (AvgIpc) is 2.29. The molecule has 0 saturated heterocycles. The highest BCUT2D eigenvalue weighted by Gasteiger charge is 2.30. The lowest BCUT2D eigenvalue weighted by molar-refractivity contribution is -0.142. The summed E-state index contributed by atoms with van der Waals surface area (Å²) in [7, 11) is 2.82. The first-order chi connectivity index (χ1) is 7.90. The Hall–Kier alpha value is -1.04. The van der Waals surface area contributed by atoms with Gasteiger partial charge in [-0.1, -0.05) is 0 Å². The van der Waals surface area contributed by atoms with E-state index in [1.165, 1.54) is 21.1 Å². The van der Waals surface area contributed by atoms with Crippen molar-refractivity contribution in [3.8, 4) is 0 Å². The lowest BCUT2D eigenvalue weighted by Gasteiger charge is -2.27. The summed E-state index contributed by atoms with van der Waals surface area (Å²) in [6.07, 6.45) is -0.687. The molecule has 1 aromatic carbocycles. The molecule has 1 rings (SSSR count). The summed E-state index contributed by atoms with van der Waals surface area (Å²) in [4.78, 5) is 0. The second-order valence-electron chi connectivity index (χ2n) is 4.00. The summed E-state index contributed by atoms with van der Waals surface area (Å²) in [6.45, 7) is 1.38. The number of rotatable bonds is 5. The van der Waals surface area contributed by atoms with Gasteiger partial charge in [0.1, 0.15) is 11.6 Å². The molecule has 0 aliphatic rings. The first-order valence-electron chi connectivity index (χ1n) is 5.14. The molecule has 0 saturated carbocycles. The third-order valence-corrected chi connectivity index (χ3v) is 2.60. The Bertz CT molecular complexity index is 376. The molecule has 0 fully saturated rings. The van der Waals surface area contributed by atoms with Gasteiger partial charge in [0, 0.05) is 26.2 Å². The number of aliphatic hydroxyl groups is 1. The van der Waals surface area contributed by atoms with Crippen LogP contribution >= 0.6 is 0 Å². The monoisotopic (exact) mass is 246 g/mol. The quantitative estimate of drug-likeness (QED) is 0.809. The van der Waals surface area contributed by atoms with Gasteiger partial charge in [-0.25, -0.2) is 8.78 Å². The van der Waals surface area contributed by atoms with Gasteiger partial charge in [-0.05, 0) is 25.1 Å². The van der Waals surface area contributed by atoms with E-state index in [1.54, 1.807) is 0 Å². The van der Waals surface area contributed by atoms with Crippen LogP contribution in [0.4, 0.5) is 8.78 Å². The number of ether oxygens (including phenoxy) is 2. The molecule has 0 spiro atoms. The molecule has 0 amide bonds. The van der Waals surface area contributed by atoms with E-state index < -0.39 is 23.5 Å². The minimum atomic E-state index is -1.57. The van der Waals surface area contributed by atoms with Gasteiger partial charge in [-0.3, -0.25) is 0 Å². The molecule has 0 aromatic heterocycles. The molecule has 0 aliphatic carbocycles. The Morgan fingerprint density at radius 3 is 2.41 bits per heavy atom. The molecule has 0 aliphatic heterocycles. The van der Waals surface area contributed by atoms with Crippen molar-refractivity contribution in [1.29, 1.82) is 0 Å². The molecular formula is C12H16F2O3. The number of methoxy groups -OCH3 is 2. The van der Waals surface area contributed by atoms with Crippen LogP contribution in [-0.2, 0) is 15.1 Å². The molecule has 1 atom stereocenters. The van der Waals surface area contributed by atoms with E-state index in [1.807, 2.05) is 0 Å². The average molecular weight is 246 g/mol. The molecule has 5 heteroatoms. The van der Waals surface area contributed by atoms with Crippen LogP contribution in [-0.4, -0.2) is 25.6 Å². The predicted molar refractivity (Wildman–Crippen MR) is 58.4 cm³/mol. The zero-order valence-electron chi connectivity index (χ0n) is 10.0. The summed E-state index contributed by atoms with van der Waals surface area (Å²) >= 11 is 0. The normalized spacial score (nSPS) is 15.0. The first-order valence-corrected chi connectivity index (χ1v) is 5.14. The van der Waals surface area contributed by atoms with Crippen LogP contribution in [0, 0.1) is 11.6 Å². The number of benzene rings is 1. The molecule has 0 radical (unpaired) electrons. The molecule has 17 heavy (non-hydrogen) atoms. The van der Waals surface area contributed by atoms with Crippen LogP contribution in [0.2, 0.25) is 0 Å². The van der Waals surface area contributed by atoms with E-state index in [0.717, 1.165) is 18.2 Å². The second-order valence-corrected chi connectivity index (χ2v) is 4.00. The van der Waals surface area contributed by atoms with E-state index in [2.05, 4.69) is 0 Å². The van der Waals surface area contributed by atoms with Gasteiger partial charge in [0.2, 0.25) is 0 Å². The molecule has 1 unspecified atom stereocenters. The molecule has 0 bridgehead atoms. The Morgan fingerprint density at radius 2 is 1.88 bits per heavy atom. The van der Waals surface area contributed by atoms with E-state index in [4.69, 9.17) is 9.47 Å². The summed E-state index contributed by atoms with van der Waals surface area (Å²) < 4.78 is 36.4. The van der Waals surface area contributed by atoms with E-state index in [0.29, 0.717) is 0 Å². The van der Waals surface area contributed by atoms with Crippen molar-refractivity contribution in [1.82, 2.24) is 0 Å². The minimum absolute atomic E-state index is 0.000370. The maximum absolute atomic E-state index is 13.5.